The summed E-state index contributed by atoms with van der Waals surface area (Å²) in [6.45, 7) is 0. The van der Waals surface area contributed by atoms with Crippen LogP contribution in [0.5, 0.6) is 0 Å². The van der Waals surface area contributed by atoms with Crippen LogP contribution in [0.1, 0.15) is 15.9 Å². The van der Waals surface area contributed by atoms with Crippen LogP contribution >= 0.6 is 22.9 Å². The normalized spacial score (nSPS) is 10.7. The quantitative estimate of drug-likeness (QED) is 0.656. The molecule has 0 unspecified atom stereocenters. The fraction of sp³-hybridized carbons (Fsp3) is 0. The SMILES string of the molecule is O=C(c1ccncc1Cl)c1cccc2ccsc12. The lowest BCUT2D eigenvalue weighted by Gasteiger charge is -2.04. The first-order valence-corrected chi connectivity index (χ1v) is 6.63. The van der Waals surface area contributed by atoms with Gasteiger partial charge in [0.1, 0.15) is 0 Å². The second kappa shape index (κ2) is 4.52. The summed E-state index contributed by atoms with van der Waals surface area (Å²) in [5, 5.41) is 3.45. The van der Waals surface area contributed by atoms with Crippen molar-refractivity contribution in [3.05, 3.63) is 64.3 Å². The van der Waals surface area contributed by atoms with Crippen LogP contribution in [0.15, 0.2) is 48.1 Å². The molecule has 2 aromatic heterocycles. The molecule has 0 aliphatic rings. The van der Waals surface area contributed by atoms with Gasteiger partial charge in [-0.15, -0.1) is 11.3 Å². The van der Waals surface area contributed by atoms with Crippen molar-refractivity contribution in [3.63, 3.8) is 0 Å². The third kappa shape index (κ3) is 1.82. The number of nitrogens with zero attached hydrogens (tertiary/aromatic N) is 1. The van der Waals surface area contributed by atoms with Gasteiger partial charge >= 0.3 is 0 Å². The highest BCUT2D eigenvalue weighted by atomic mass is 35.5. The van der Waals surface area contributed by atoms with Crippen LogP contribution in [-0.4, -0.2) is 10.8 Å². The molecule has 88 valence electrons. The topological polar surface area (TPSA) is 30.0 Å². The van der Waals surface area contributed by atoms with E-state index < -0.39 is 0 Å². The molecule has 0 saturated heterocycles. The molecule has 2 nitrogen and oxygen atoms in total. The molecular formula is C14H8ClNOS. The van der Waals surface area contributed by atoms with Gasteiger partial charge in [0, 0.05) is 28.2 Å². The van der Waals surface area contributed by atoms with Crippen LogP contribution in [0.25, 0.3) is 10.1 Å². The van der Waals surface area contributed by atoms with Gasteiger partial charge in [-0.1, -0.05) is 23.7 Å². The van der Waals surface area contributed by atoms with Gasteiger partial charge in [0.15, 0.2) is 5.78 Å². The van der Waals surface area contributed by atoms with Gasteiger partial charge in [0.2, 0.25) is 0 Å². The Morgan fingerprint density at radius 2 is 2.06 bits per heavy atom. The molecule has 0 spiro atoms. The zero-order valence-corrected chi connectivity index (χ0v) is 10.8. The summed E-state index contributed by atoms with van der Waals surface area (Å²) in [5.41, 5.74) is 1.18. The van der Waals surface area contributed by atoms with Gasteiger partial charge < -0.3 is 0 Å². The molecular weight excluding hydrogens is 266 g/mol. The average Bonchev–Trinajstić information content (AvgIpc) is 2.86. The van der Waals surface area contributed by atoms with Crippen LogP contribution < -0.4 is 0 Å². The molecule has 0 saturated carbocycles. The van der Waals surface area contributed by atoms with Crippen molar-refractivity contribution in [2.45, 2.75) is 0 Å². The third-order valence-electron chi connectivity index (χ3n) is 2.74. The first kappa shape index (κ1) is 11.4. The number of hydrogen-bond acceptors (Lipinski definition) is 3. The van der Waals surface area contributed by atoms with Gasteiger partial charge in [-0.05, 0) is 29.0 Å². The Bertz CT molecular complexity index is 735. The van der Waals surface area contributed by atoms with Crippen LogP contribution in [-0.2, 0) is 0 Å². The first-order valence-electron chi connectivity index (χ1n) is 5.38. The number of fused-ring (bicyclic) bond motifs is 1. The van der Waals surface area contributed by atoms with Gasteiger partial charge in [-0.3, -0.25) is 9.78 Å². The van der Waals surface area contributed by atoms with E-state index >= 15 is 0 Å². The standard InChI is InChI=1S/C14H8ClNOS/c15-12-8-16-6-4-10(12)13(17)11-3-1-2-9-5-7-18-14(9)11/h1-8H. The highest BCUT2D eigenvalue weighted by molar-refractivity contribution is 7.17. The second-order valence-corrected chi connectivity index (χ2v) is 5.15. The smallest absolute Gasteiger partial charge is 0.196 e. The summed E-state index contributed by atoms with van der Waals surface area (Å²) in [7, 11) is 0. The lowest BCUT2D eigenvalue weighted by atomic mass is 10.0. The van der Waals surface area contributed by atoms with Crippen molar-refractivity contribution in [1.82, 2.24) is 4.98 Å². The zero-order valence-electron chi connectivity index (χ0n) is 9.26. The van der Waals surface area contributed by atoms with Crippen molar-refractivity contribution >= 4 is 38.8 Å². The molecule has 0 fully saturated rings. The predicted molar refractivity (Wildman–Crippen MR) is 74.5 cm³/mol. The van der Waals surface area contributed by atoms with Crippen molar-refractivity contribution in [2.24, 2.45) is 0 Å². The maximum Gasteiger partial charge on any atom is 0.196 e. The fourth-order valence-corrected chi connectivity index (χ4v) is 2.99. The minimum absolute atomic E-state index is 0.0598. The van der Waals surface area contributed by atoms with Crippen LogP contribution in [0.2, 0.25) is 5.02 Å². The number of hydrogen-bond donors (Lipinski definition) is 0. The average molecular weight is 274 g/mol. The number of rotatable bonds is 2. The van der Waals surface area contributed by atoms with Gasteiger partial charge in [-0.2, -0.15) is 0 Å². The molecule has 0 radical (unpaired) electrons. The third-order valence-corrected chi connectivity index (χ3v) is 4.01. The number of ketones is 1. The van der Waals surface area contributed by atoms with Crippen LogP contribution in [0.4, 0.5) is 0 Å². The molecule has 0 amide bonds. The number of aromatic nitrogens is 1. The molecule has 0 atom stereocenters. The molecule has 1 aromatic carbocycles. The summed E-state index contributed by atoms with van der Waals surface area (Å²) < 4.78 is 0.996. The summed E-state index contributed by atoms with van der Waals surface area (Å²) in [5.74, 6) is -0.0598. The number of carbonyl (C=O) groups excluding carboxylic acids is 1. The monoisotopic (exact) mass is 273 g/mol. The molecule has 0 aliphatic heterocycles. The minimum Gasteiger partial charge on any atom is -0.288 e. The van der Waals surface area contributed by atoms with Gasteiger partial charge in [0.25, 0.3) is 0 Å². The van der Waals surface area contributed by atoms with E-state index in [-0.39, 0.29) is 5.78 Å². The highest BCUT2D eigenvalue weighted by Gasteiger charge is 2.15. The summed E-state index contributed by atoms with van der Waals surface area (Å²) >= 11 is 7.58. The Balaban J connectivity index is 2.18. The Morgan fingerprint density at radius 1 is 1.17 bits per heavy atom. The zero-order chi connectivity index (χ0) is 12.5. The minimum atomic E-state index is -0.0598. The van der Waals surface area contributed by atoms with E-state index in [1.807, 2.05) is 29.6 Å². The highest BCUT2D eigenvalue weighted by Crippen LogP contribution is 2.28. The summed E-state index contributed by atoms with van der Waals surface area (Å²) in [4.78, 5) is 16.4. The van der Waals surface area contributed by atoms with E-state index in [1.165, 1.54) is 6.20 Å². The molecule has 3 rings (SSSR count). The molecule has 4 heteroatoms. The van der Waals surface area contributed by atoms with E-state index in [1.54, 1.807) is 23.6 Å². The maximum atomic E-state index is 12.5. The molecule has 18 heavy (non-hydrogen) atoms. The van der Waals surface area contributed by atoms with Crippen LogP contribution in [0.3, 0.4) is 0 Å². The second-order valence-electron chi connectivity index (χ2n) is 3.83. The van der Waals surface area contributed by atoms with Crippen molar-refractivity contribution in [2.75, 3.05) is 0 Å². The van der Waals surface area contributed by atoms with Gasteiger partial charge in [0.05, 0.1) is 5.02 Å². The largest absolute Gasteiger partial charge is 0.288 e. The van der Waals surface area contributed by atoms with Crippen LogP contribution in [0, 0.1) is 0 Å². The Kier molecular flexibility index (Phi) is 2.86. The Labute approximate surface area is 113 Å². The van der Waals surface area contributed by atoms with Crippen molar-refractivity contribution in [1.29, 1.82) is 0 Å². The first-order chi connectivity index (χ1) is 8.77. The van der Waals surface area contributed by atoms with E-state index in [4.69, 9.17) is 11.6 Å². The molecule has 3 aromatic rings. The van der Waals surface area contributed by atoms with E-state index in [2.05, 4.69) is 4.98 Å². The Hall–Kier alpha value is -1.71. The number of thiophene rings is 1. The van der Waals surface area contributed by atoms with Crippen molar-refractivity contribution < 1.29 is 4.79 Å². The fourth-order valence-electron chi connectivity index (χ4n) is 1.88. The molecule has 0 N–H and O–H groups in total. The van der Waals surface area contributed by atoms with Gasteiger partial charge in [-0.25, -0.2) is 0 Å². The molecule has 0 bridgehead atoms. The maximum absolute atomic E-state index is 12.5. The summed E-state index contributed by atoms with van der Waals surface area (Å²) in [6, 6.07) is 9.37. The van der Waals surface area contributed by atoms with E-state index in [0.29, 0.717) is 16.1 Å². The van der Waals surface area contributed by atoms with E-state index in [9.17, 15) is 4.79 Å². The Morgan fingerprint density at radius 3 is 2.89 bits per heavy atom. The molecule has 0 aliphatic carbocycles. The number of pyridine rings is 1. The number of halogens is 1. The number of carbonyl (C=O) groups is 1. The summed E-state index contributed by atoms with van der Waals surface area (Å²) in [6.07, 6.45) is 3.07. The lowest BCUT2D eigenvalue weighted by molar-refractivity contribution is 0.104. The predicted octanol–water partition coefficient (Wildman–Crippen LogP) is 4.18. The van der Waals surface area contributed by atoms with E-state index in [0.717, 1.165) is 10.1 Å². The van der Waals surface area contributed by atoms with Crippen molar-refractivity contribution in [3.8, 4) is 0 Å². The number of benzene rings is 1. The lowest BCUT2D eigenvalue weighted by Crippen LogP contribution is -2.02. The molecule has 2 heterocycles.